The first-order chi connectivity index (χ1) is 22.1. The third-order valence-electron chi connectivity index (χ3n) is 15.3. The Bertz CT molecular complexity index is 1330. The molecule has 261 valence electrons. The van der Waals surface area contributed by atoms with Gasteiger partial charge in [-0.2, -0.15) is 0 Å². The zero-order valence-electron chi connectivity index (χ0n) is 29.6. The number of nitrogens with zero attached hydrogens (tertiary/aromatic N) is 2. The van der Waals surface area contributed by atoms with Crippen LogP contribution in [0.5, 0.6) is 0 Å². The summed E-state index contributed by atoms with van der Waals surface area (Å²) in [7, 11) is 0. The van der Waals surface area contributed by atoms with Gasteiger partial charge in [0.1, 0.15) is 24.6 Å². The Morgan fingerprint density at radius 3 is 2.66 bits per heavy atom. The van der Waals surface area contributed by atoms with Crippen molar-refractivity contribution in [3.05, 3.63) is 36.5 Å². The number of aliphatic hydroxyl groups is 3. The number of aromatic nitrogens is 1. The molecule has 11 atom stereocenters. The SMILES string of the molecule is C[C@@H]1C[C]([C@H](O)C(C)(C)O)O[C]2[C@H]1[C@@]1(C)CC[C@@]34C[C@@]35CCC(O[C@H]3CN(Cc6cocn6)CCO3)C(C)(C)[C@@H]5CC[C]4[C@]1(C)[C@H]2O. The molecule has 9 nitrogen and oxygen atoms in total. The molecule has 3 N–H and O–H groups in total. The van der Waals surface area contributed by atoms with Crippen molar-refractivity contribution < 1.29 is 33.9 Å². The van der Waals surface area contributed by atoms with E-state index < -0.39 is 17.8 Å². The zero-order valence-corrected chi connectivity index (χ0v) is 29.6. The Morgan fingerprint density at radius 2 is 1.94 bits per heavy atom. The molecule has 8 rings (SSSR count). The molecule has 2 aliphatic heterocycles. The molecule has 47 heavy (non-hydrogen) atoms. The lowest BCUT2D eigenvalue weighted by molar-refractivity contribution is -0.244. The van der Waals surface area contributed by atoms with Gasteiger partial charge in [0.15, 0.2) is 12.7 Å². The smallest absolute Gasteiger partial charge is 0.180 e. The van der Waals surface area contributed by atoms with Gasteiger partial charge in [-0.15, -0.1) is 0 Å². The first-order valence-corrected chi connectivity index (χ1v) is 18.3. The van der Waals surface area contributed by atoms with Crippen molar-refractivity contribution >= 4 is 0 Å². The van der Waals surface area contributed by atoms with Gasteiger partial charge in [-0.3, -0.25) is 4.90 Å². The number of hydrogen-bond acceptors (Lipinski definition) is 9. The van der Waals surface area contributed by atoms with Crippen LogP contribution in [0.15, 0.2) is 17.1 Å². The molecule has 0 aromatic carbocycles. The molecule has 7 fully saturated rings. The van der Waals surface area contributed by atoms with Crippen LogP contribution in [0.3, 0.4) is 0 Å². The molecular weight excluding hydrogens is 596 g/mol. The highest BCUT2D eigenvalue weighted by Crippen LogP contribution is 2.90. The second kappa shape index (κ2) is 10.7. The molecule has 1 unspecified atom stereocenters. The Labute approximate surface area is 281 Å². The van der Waals surface area contributed by atoms with Crippen molar-refractivity contribution in [2.45, 2.75) is 137 Å². The van der Waals surface area contributed by atoms with Gasteiger partial charge in [0.05, 0.1) is 36.7 Å². The maximum absolute atomic E-state index is 12.4. The molecule has 2 saturated heterocycles. The summed E-state index contributed by atoms with van der Waals surface area (Å²) in [6.45, 7) is 18.1. The molecule has 5 aliphatic carbocycles. The van der Waals surface area contributed by atoms with E-state index in [1.807, 2.05) is 0 Å². The van der Waals surface area contributed by atoms with E-state index in [1.165, 1.54) is 19.2 Å². The molecule has 0 bridgehead atoms. The highest BCUT2D eigenvalue weighted by molar-refractivity contribution is 5.45. The minimum atomic E-state index is -1.31. The third-order valence-corrected chi connectivity index (χ3v) is 15.3. The van der Waals surface area contributed by atoms with Gasteiger partial charge in [0.2, 0.25) is 0 Å². The first kappa shape index (κ1) is 33.1. The highest BCUT2D eigenvalue weighted by atomic mass is 16.7. The minimum absolute atomic E-state index is 0.0123. The fourth-order valence-electron chi connectivity index (χ4n) is 12.9. The van der Waals surface area contributed by atoms with Crippen LogP contribution in [0.2, 0.25) is 0 Å². The highest BCUT2D eigenvalue weighted by Gasteiger charge is 2.85. The summed E-state index contributed by atoms with van der Waals surface area (Å²) in [6, 6.07) is 0. The quantitative estimate of drug-likeness (QED) is 0.369. The van der Waals surface area contributed by atoms with Crippen molar-refractivity contribution in [2.75, 3.05) is 19.7 Å². The number of rotatable bonds is 6. The van der Waals surface area contributed by atoms with Crippen LogP contribution < -0.4 is 0 Å². The molecular formula is C38H57N2O7. The number of oxazole rings is 1. The van der Waals surface area contributed by atoms with Crippen molar-refractivity contribution in [3.63, 3.8) is 0 Å². The number of hydrogen-bond donors (Lipinski definition) is 3. The van der Waals surface area contributed by atoms with Crippen LogP contribution in [0.1, 0.15) is 106 Å². The van der Waals surface area contributed by atoms with Crippen molar-refractivity contribution in [2.24, 2.45) is 44.8 Å². The lowest BCUT2D eigenvalue weighted by atomic mass is 9.41. The second-order valence-electron chi connectivity index (χ2n) is 18.2. The minimum Gasteiger partial charge on any atom is -0.451 e. The van der Waals surface area contributed by atoms with Crippen LogP contribution in [-0.2, 0) is 20.8 Å². The summed E-state index contributed by atoms with van der Waals surface area (Å²) < 4.78 is 24.7. The van der Waals surface area contributed by atoms with Crippen LogP contribution in [0.4, 0.5) is 0 Å². The predicted molar refractivity (Wildman–Crippen MR) is 173 cm³/mol. The zero-order chi connectivity index (χ0) is 33.4. The molecule has 3 heterocycles. The van der Waals surface area contributed by atoms with E-state index in [1.54, 1.807) is 26.0 Å². The van der Waals surface area contributed by atoms with Gasteiger partial charge < -0.3 is 33.9 Å². The van der Waals surface area contributed by atoms with Gasteiger partial charge in [0.25, 0.3) is 0 Å². The van der Waals surface area contributed by atoms with E-state index in [0.29, 0.717) is 25.0 Å². The third kappa shape index (κ3) is 4.48. The van der Waals surface area contributed by atoms with Gasteiger partial charge in [-0.05, 0) is 105 Å². The molecule has 1 aromatic rings. The van der Waals surface area contributed by atoms with Crippen LogP contribution in [-0.4, -0.2) is 75.1 Å². The number of morpholine rings is 1. The predicted octanol–water partition coefficient (Wildman–Crippen LogP) is 5.45. The van der Waals surface area contributed by atoms with E-state index in [9.17, 15) is 15.3 Å². The Hall–Kier alpha value is -1.07. The Morgan fingerprint density at radius 1 is 1.15 bits per heavy atom. The van der Waals surface area contributed by atoms with Crippen LogP contribution in [0.25, 0.3) is 0 Å². The van der Waals surface area contributed by atoms with Gasteiger partial charge in [-0.1, -0.05) is 34.6 Å². The van der Waals surface area contributed by atoms with Gasteiger partial charge in [0, 0.05) is 24.4 Å². The molecule has 0 amide bonds. The summed E-state index contributed by atoms with van der Waals surface area (Å²) in [5, 5.41) is 34.0. The number of ether oxygens (including phenoxy) is 3. The Kier molecular flexibility index (Phi) is 7.55. The van der Waals surface area contributed by atoms with Crippen molar-refractivity contribution in [1.29, 1.82) is 0 Å². The lowest BCUT2D eigenvalue weighted by Crippen LogP contribution is -2.59. The molecule has 1 aromatic heterocycles. The molecule has 2 spiro atoms. The van der Waals surface area contributed by atoms with E-state index >= 15 is 0 Å². The number of aliphatic hydroxyl groups excluding tert-OH is 2. The summed E-state index contributed by atoms with van der Waals surface area (Å²) in [5.41, 5.74) is -0.427. The maximum Gasteiger partial charge on any atom is 0.180 e. The monoisotopic (exact) mass is 653 g/mol. The maximum atomic E-state index is 12.4. The fraction of sp³-hybridized carbons (Fsp3) is 0.842. The lowest BCUT2D eigenvalue weighted by Gasteiger charge is -2.63. The average Bonchev–Trinajstić information content (AvgIpc) is 3.30. The van der Waals surface area contributed by atoms with Crippen LogP contribution >= 0.6 is 0 Å². The standard InChI is InChI=1S/C38H57N2O7/c1-22-16-24(31(41)34(4,5)43)46-30-29(22)35(6)12-13-38-20-37(38)11-10-27(33(2,3)25(37)8-9-26(38)36(35,7)32(30)42)47-28-18-40(14-15-45-28)17-23-19-44-21-39-23/h19,21-22,25,27-29,31-32,41-43H,8-18,20H2,1-7H3/t22-,25+,27?,28+,29+,31+,32+,35-,36-,37-,38+/m1/s1. The fourth-order valence-corrected chi connectivity index (χ4v) is 12.9. The summed E-state index contributed by atoms with van der Waals surface area (Å²) in [4.78, 5) is 6.65. The van der Waals surface area contributed by atoms with Gasteiger partial charge >= 0.3 is 0 Å². The topological polar surface area (TPSA) is 118 Å². The summed E-state index contributed by atoms with van der Waals surface area (Å²) >= 11 is 0. The van der Waals surface area contributed by atoms with E-state index in [-0.39, 0.29) is 51.3 Å². The largest absolute Gasteiger partial charge is 0.451 e. The average molecular weight is 654 g/mol. The van der Waals surface area contributed by atoms with Crippen molar-refractivity contribution in [1.82, 2.24) is 9.88 Å². The van der Waals surface area contributed by atoms with Crippen LogP contribution in [0, 0.1) is 63.0 Å². The Balaban J connectivity index is 1.01. The van der Waals surface area contributed by atoms with E-state index in [4.69, 9.17) is 18.6 Å². The van der Waals surface area contributed by atoms with E-state index in [2.05, 4.69) is 44.5 Å². The molecule has 9 heteroatoms. The first-order valence-electron chi connectivity index (χ1n) is 18.3. The second-order valence-corrected chi connectivity index (χ2v) is 18.2. The number of fused-ring (bicyclic) bond motifs is 4. The molecule has 7 aliphatic rings. The van der Waals surface area contributed by atoms with Gasteiger partial charge in [-0.25, -0.2) is 4.98 Å². The normalized spacial score (nSPS) is 47.8. The molecule has 5 saturated carbocycles. The van der Waals surface area contributed by atoms with E-state index in [0.717, 1.165) is 63.5 Å². The summed E-state index contributed by atoms with van der Waals surface area (Å²) in [6.07, 6.45) is 10.9. The summed E-state index contributed by atoms with van der Waals surface area (Å²) in [5.74, 6) is 2.49. The van der Waals surface area contributed by atoms with Crippen molar-refractivity contribution in [3.8, 4) is 0 Å². The molecule has 3 radical (unpaired) electrons.